The van der Waals surface area contributed by atoms with Crippen LogP contribution in [0.3, 0.4) is 0 Å². The Hall–Kier alpha value is -3.36. The second-order valence-electron chi connectivity index (χ2n) is 7.82. The van der Waals surface area contributed by atoms with E-state index < -0.39 is 11.9 Å². The van der Waals surface area contributed by atoms with Gasteiger partial charge in [0.1, 0.15) is 11.5 Å². The quantitative estimate of drug-likeness (QED) is 0.445. The summed E-state index contributed by atoms with van der Waals surface area (Å²) in [4.78, 5) is 12.4. The highest BCUT2D eigenvalue weighted by Crippen LogP contribution is 2.41. The molecule has 0 amide bonds. The average Bonchev–Trinajstić information content (AvgIpc) is 2.79. The van der Waals surface area contributed by atoms with Gasteiger partial charge in [-0.15, -0.1) is 0 Å². The van der Waals surface area contributed by atoms with Crippen LogP contribution in [-0.2, 0) is 4.79 Å². The number of rotatable bonds is 6. The summed E-state index contributed by atoms with van der Waals surface area (Å²) in [6.45, 7) is 4.08. The number of ether oxygens (including phenoxy) is 1. The van der Waals surface area contributed by atoms with Crippen molar-refractivity contribution in [2.24, 2.45) is 0 Å². The van der Waals surface area contributed by atoms with Crippen LogP contribution in [0.2, 0.25) is 0 Å². The SMILES string of the molecule is CPc1ccccc1Oc1cccc(C2=C(C(=O)O)C(c3cccc(C)c3)CC(O)=C2)c1. The monoisotopic (exact) mass is 444 g/mol. The zero-order valence-electron chi connectivity index (χ0n) is 18.0. The first-order valence-electron chi connectivity index (χ1n) is 10.4. The Kier molecular flexibility index (Phi) is 6.43. The summed E-state index contributed by atoms with van der Waals surface area (Å²) in [5, 5.41) is 21.8. The van der Waals surface area contributed by atoms with Crippen molar-refractivity contribution < 1.29 is 19.7 Å². The van der Waals surface area contributed by atoms with Gasteiger partial charge in [0.05, 0.1) is 11.3 Å². The van der Waals surface area contributed by atoms with E-state index in [4.69, 9.17) is 4.74 Å². The molecule has 4 nitrogen and oxygen atoms in total. The fourth-order valence-electron chi connectivity index (χ4n) is 4.09. The van der Waals surface area contributed by atoms with Crippen LogP contribution in [0.5, 0.6) is 11.5 Å². The Morgan fingerprint density at radius 1 is 1.03 bits per heavy atom. The fraction of sp³-hybridized carbons (Fsp3) is 0.148. The Bertz CT molecular complexity index is 1230. The van der Waals surface area contributed by atoms with Crippen LogP contribution in [0.15, 0.2) is 90.2 Å². The third-order valence-corrected chi connectivity index (χ3v) is 6.52. The molecule has 32 heavy (non-hydrogen) atoms. The summed E-state index contributed by atoms with van der Waals surface area (Å²) >= 11 is 0. The van der Waals surface area contributed by atoms with E-state index in [2.05, 4.69) is 6.66 Å². The molecule has 0 aliphatic heterocycles. The molecule has 2 N–H and O–H groups in total. The molecule has 2 atom stereocenters. The number of carboxylic acids is 1. The van der Waals surface area contributed by atoms with E-state index >= 15 is 0 Å². The van der Waals surface area contributed by atoms with Crippen LogP contribution in [0.4, 0.5) is 0 Å². The predicted octanol–water partition coefficient (Wildman–Crippen LogP) is 6.19. The van der Waals surface area contributed by atoms with Crippen LogP contribution in [0.1, 0.15) is 29.0 Å². The first-order chi connectivity index (χ1) is 15.5. The molecule has 2 unspecified atom stereocenters. The largest absolute Gasteiger partial charge is 0.512 e. The number of hydrogen-bond acceptors (Lipinski definition) is 3. The second-order valence-corrected chi connectivity index (χ2v) is 8.85. The summed E-state index contributed by atoms with van der Waals surface area (Å²) in [6, 6.07) is 23.0. The number of hydrogen-bond donors (Lipinski definition) is 2. The minimum Gasteiger partial charge on any atom is -0.512 e. The predicted molar refractivity (Wildman–Crippen MR) is 131 cm³/mol. The Morgan fingerprint density at radius 3 is 2.56 bits per heavy atom. The molecule has 0 radical (unpaired) electrons. The lowest BCUT2D eigenvalue weighted by Crippen LogP contribution is -2.17. The standard InChI is InChI=1S/C27H25O4P/c1-17-7-5-8-18(13-17)22-15-20(28)16-23(26(22)27(29)30)19-9-6-10-21(14-19)31-24-11-3-4-12-25(24)32-2/h3-14,16,22,28,32H,15H2,1-2H3,(H,29,30). The molecule has 0 fully saturated rings. The minimum absolute atomic E-state index is 0.167. The van der Waals surface area contributed by atoms with E-state index in [1.54, 1.807) is 6.08 Å². The Balaban J connectivity index is 1.78. The highest BCUT2D eigenvalue weighted by atomic mass is 31.1. The van der Waals surface area contributed by atoms with Gasteiger partial charge in [-0.1, -0.05) is 68.7 Å². The molecule has 1 aliphatic carbocycles. The second kappa shape index (κ2) is 9.42. The van der Waals surface area contributed by atoms with E-state index in [0.717, 1.165) is 22.2 Å². The zero-order chi connectivity index (χ0) is 22.7. The molecule has 1 aliphatic rings. The first-order valence-corrected chi connectivity index (χ1v) is 11.9. The number of aliphatic carboxylic acids is 1. The van der Waals surface area contributed by atoms with Crippen LogP contribution >= 0.6 is 8.58 Å². The van der Waals surface area contributed by atoms with Crippen LogP contribution in [-0.4, -0.2) is 22.8 Å². The first kappa shape index (κ1) is 21.9. The highest BCUT2D eigenvalue weighted by molar-refractivity contribution is 7.46. The van der Waals surface area contributed by atoms with Gasteiger partial charge in [0.25, 0.3) is 0 Å². The van der Waals surface area contributed by atoms with E-state index in [0.29, 0.717) is 25.5 Å². The number of carbonyl (C=O) groups is 1. The van der Waals surface area contributed by atoms with Gasteiger partial charge in [-0.2, -0.15) is 0 Å². The van der Waals surface area contributed by atoms with Gasteiger partial charge < -0.3 is 14.9 Å². The molecule has 0 saturated heterocycles. The number of allylic oxidation sites excluding steroid dienone is 3. The number of aliphatic hydroxyl groups excluding tert-OH is 1. The third-order valence-electron chi connectivity index (χ3n) is 5.57. The molecule has 3 aromatic carbocycles. The third kappa shape index (κ3) is 4.61. The normalized spacial score (nSPS) is 16.3. The number of benzene rings is 3. The fourth-order valence-corrected chi connectivity index (χ4v) is 4.74. The average molecular weight is 444 g/mol. The Morgan fingerprint density at radius 2 is 1.81 bits per heavy atom. The van der Waals surface area contributed by atoms with Crippen molar-refractivity contribution >= 4 is 25.4 Å². The molecule has 0 heterocycles. The van der Waals surface area contributed by atoms with E-state index in [9.17, 15) is 15.0 Å². The lowest BCUT2D eigenvalue weighted by atomic mass is 9.79. The summed E-state index contributed by atoms with van der Waals surface area (Å²) < 4.78 is 6.14. The van der Waals surface area contributed by atoms with E-state index in [1.807, 2.05) is 79.7 Å². The van der Waals surface area contributed by atoms with Gasteiger partial charge in [0.2, 0.25) is 0 Å². The Labute approximate surface area is 189 Å². The summed E-state index contributed by atoms with van der Waals surface area (Å²) in [7, 11) is 0.596. The smallest absolute Gasteiger partial charge is 0.332 e. The van der Waals surface area contributed by atoms with Crippen molar-refractivity contribution in [1.82, 2.24) is 0 Å². The van der Waals surface area contributed by atoms with Crippen LogP contribution in [0, 0.1) is 6.92 Å². The molecule has 0 aromatic heterocycles. The molecular weight excluding hydrogens is 419 g/mol. The molecular formula is C27H25O4P. The van der Waals surface area contributed by atoms with Crippen molar-refractivity contribution in [2.45, 2.75) is 19.3 Å². The summed E-state index contributed by atoms with van der Waals surface area (Å²) in [6.07, 6.45) is 1.83. The van der Waals surface area contributed by atoms with Crippen molar-refractivity contribution in [1.29, 1.82) is 0 Å². The van der Waals surface area contributed by atoms with Gasteiger partial charge in [-0.05, 0) is 54.6 Å². The summed E-state index contributed by atoms with van der Waals surface area (Å²) in [5.74, 6) is 0.159. The maximum Gasteiger partial charge on any atom is 0.332 e. The molecule has 4 rings (SSSR count). The molecule has 0 saturated carbocycles. The van der Waals surface area contributed by atoms with Crippen molar-refractivity contribution in [2.75, 3.05) is 6.66 Å². The van der Waals surface area contributed by atoms with E-state index in [-0.39, 0.29) is 17.8 Å². The van der Waals surface area contributed by atoms with Gasteiger partial charge in [-0.25, -0.2) is 4.79 Å². The van der Waals surface area contributed by atoms with Crippen LogP contribution < -0.4 is 10.0 Å². The number of aliphatic hydroxyl groups is 1. The molecule has 3 aromatic rings. The molecule has 162 valence electrons. The number of para-hydroxylation sites is 1. The topological polar surface area (TPSA) is 66.8 Å². The zero-order valence-corrected chi connectivity index (χ0v) is 19.0. The summed E-state index contributed by atoms with van der Waals surface area (Å²) in [5.41, 5.74) is 3.41. The van der Waals surface area contributed by atoms with Crippen molar-refractivity contribution in [3.63, 3.8) is 0 Å². The lowest BCUT2D eigenvalue weighted by Gasteiger charge is -2.25. The van der Waals surface area contributed by atoms with Gasteiger partial charge in [0, 0.05) is 17.6 Å². The van der Waals surface area contributed by atoms with Crippen LogP contribution in [0.25, 0.3) is 5.57 Å². The van der Waals surface area contributed by atoms with Gasteiger partial charge in [-0.3, -0.25) is 0 Å². The number of carboxylic acid groups (broad SMARTS) is 1. The molecule has 0 spiro atoms. The van der Waals surface area contributed by atoms with Gasteiger partial charge >= 0.3 is 5.97 Å². The minimum atomic E-state index is -0.987. The molecule has 0 bridgehead atoms. The van der Waals surface area contributed by atoms with Crippen molar-refractivity contribution in [3.05, 3.63) is 107 Å². The van der Waals surface area contributed by atoms with Gasteiger partial charge in [0.15, 0.2) is 0 Å². The maximum atomic E-state index is 12.4. The van der Waals surface area contributed by atoms with Crippen molar-refractivity contribution in [3.8, 4) is 11.5 Å². The highest BCUT2D eigenvalue weighted by Gasteiger charge is 2.31. The maximum absolute atomic E-state index is 12.4. The number of aryl methyl sites for hydroxylation is 1. The van der Waals surface area contributed by atoms with E-state index in [1.165, 1.54) is 0 Å². The molecule has 5 heteroatoms. The lowest BCUT2D eigenvalue weighted by molar-refractivity contribution is -0.132.